The van der Waals surface area contributed by atoms with Gasteiger partial charge in [-0.05, 0) is 107 Å². The summed E-state index contributed by atoms with van der Waals surface area (Å²) in [6.45, 7) is 15.1. The van der Waals surface area contributed by atoms with Crippen molar-refractivity contribution in [3.05, 3.63) is 36.4 Å². The van der Waals surface area contributed by atoms with E-state index >= 15 is 0 Å². The molecule has 0 unspecified atom stereocenters. The first-order chi connectivity index (χ1) is 29.4. The van der Waals surface area contributed by atoms with Gasteiger partial charge in [0.05, 0.1) is 39.6 Å². The second-order valence-electron chi connectivity index (χ2n) is 15.5. The molecule has 0 aliphatic carbocycles. The van der Waals surface area contributed by atoms with E-state index in [0.29, 0.717) is 74.1 Å². The summed E-state index contributed by atoms with van der Waals surface area (Å²) < 4.78 is 49.3. The molecule has 4 rings (SSSR count). The molecule has 10 nitrogen and oxygen atoms in total. The van der Waals surface area contributed by atoms with Crippen LogP contribution < -0.4 is 28.4 Å². The van der Waals surface area contributed by atoms with Crippen LogP contribution in [0.5, 0.6) is 34.5 Å². The minimum absolute atomic E-state index is 0.245. The van der Waals surface area contributed by atoms with E-state index in [0.717, 1.165) is 135 Å². The first-order valence-corrected chi connectivity index (χ1v) is 23.0. The molecule has 4 aromatic rings. The van der Waals surface area contributed by atoms with Crippen LogP contribution in [0.3, 0.4) is 0 Å². The molecular formula is C50H72O10. The third kappa shape index (κ3) is 14.8. The Bertz CT molecular complexity index is 1750. The molecule has 332 valence electrons. The Morgan fingerprint density at radius 2 is 0.550 bits per heavy atom. The van der Waals surface area contributed by atoms with E-state index in [1.807, 2.05) is 24.3 Å². The van der Waals surface area contributed by atoms with Gasteiger partial charge < -0.3 is 37.9 Å². The molecule has 0 atom stereocenters. The Labute approximate surface area is 358 Å². The van der Waals surface area contributed by atoms with Gasteiger partial charge in [-0.3, -0.25) is 0 Å². The number of unbranched alkanes of at least 4 members (excludes halogenated alkanes) is 10. The van der Waals surface area contributed by atoms with E-state index in [-0.39, 0.29) is 13.2 Å². The summed E-state index contributed by atoms with van der Waals surface area (Å²) in [5.74, 6) is 2.46. The molecule has 0 bridgehead atoms. The normalized spacial score (nSPS) is 11.2. The highest BCUT2D eigenvalue weighted by Gasteiger charge is 2.21. The van der Waals surface area contributed by atoms with Crippen molar-refractivity contribution in [2.45, 2.75) is 144 Å². The zero-order valence-corrected chi connectivity index (χ0v) is 37.5. The van der Waals surface area contributed by atoms with Crippen molar-refractivity contribution in [1.82, 2.24) is 0 Å². The molecular weight excluding hydrogens is 761 g/mol. The molecule has 0 saturated carbocycles. The van der Waals surface area contributed by atoms with E-state index in [1.54, 1.807) is 0 Å². The molecule has 0 aliphatic heterocycles. The maximum absolute atomic E-state index is 12.8. The summed E-state index contributed by atoms with van der Waals surface area (Å²) in [5.41, 5.74) is 0. The van der Waals surface area contributed by atoms with Crippen molar-refractivity contribution in [2.24, 2.45) is 0 Å². The largest absolute Gasteiger partial charge is 0.490 e. The molecule has 0 amide bonds. The lowest BCUT2D eigenvalue weighted by Crippen LogP contribution is -2.16. The summed E-state index contributed by atoms with van der Waals surface area (Å²) in [4.78, 5) is 25.6. The zero-order chi connectivity index (χ0) is 43.0. The lowest BCUT2D eigenvalue weighted by molar-refractivity contribution is -0.147. The van der Waals surface area contributed by atoms with Gasteiger partial charge in [-0.15, -0.1) is 0 Å². The van der Waals surface area contributed by atoms with Gasteiger partial charge in [0, 0.05) is 0 Å². The Kier molecular flexibility index (Phi) is 21.9. The van der Waals surface area contributed by atoms with Crippen LogP contribution in [-0.4, -0.2) is 64.8 Å². The molecule has 0 fully saturated rings. The van der Waals surface area contributed by atoms with Crippen LogP contribution in [0.4, 0.5) is 0 Å². The van der Waals surface area contributed by atoms with Crippen molar-refractivity contribution >= 4 is 44.3 Å². The quantitative estimate of drug-likeness (QED) is 0.0268. The minimum atomic E-state index is -0.428. The fraction of sp³-hybridized carbons (Fsp3) is 0.600. The van der Waals surface area contributed by atoms with Crippen LogP contribution >= 0.6 is 0 Å². The second kappa shape index (κ2) is 27.3. The number of rotatable bonds is 32. The van der Waals surface area contributed by atoms with Gasteiger partial charge >= 0.3 is 11.9 Å². The van der Waals surface area contributed by atoms with E-state index in [2.05, 4.69) is 53.7 Å². The van der Waals surface area contributed by atoms with Crippen molar-refractivity contribution in [3.63, 3.8) is 0 Å². The average Bonchev–Trinajstić information content (AvgIpc) is 3.25. The van der Waals surface area contributed by atoms with Crippen molar-refractivity contribution in [3.8, 4) is 34.5 Å². The van der Waals surface area contributed by atoms with Crippen LogP contribution in [0.1, 0.15) is 144 Å². The highest BCUT2D eigenvalue weighted by atomic mass is 16.6. The van der Waals surface area contributed by atoms with E-state index in [4.69, 9.17) is 37.9 Å². The van der Waals surface area contributed by atoms with Crippen molar-refractivity contribution in [2.75, 3.05) is 52.9 Å². The van der Waals surface area contributed by atoms with E-state index in [9.17, 15) is 9.59 Å². The Morgan fingerprint density at radius 1 is 0.317 bits per heavy atom. The van der Waals surface area contributed by atoms with Gasteiger partial charge in [0.2, 0.25) is 0 Å². The number of carbonyl (C=O) groups excluding carboxylic acids is 2. The third-order valence-corrected chi connectivity index (χ3v) is 10.4. The molecule has 0 radical (unpaired) electrons. The average molecular weight is 833 g/mol. The fourth-order valence-corrected chi connectivity index (χ4v) is 6.85. The Hall–Kier alpha value is -4.60. The van der Waals surface area contributed by atoms with Crippen LogP contribution in [0.2, 0.25) is 0 Å². The number of hydrogen-bond donors (Lipinski definition) is 0. The van der Waals surface area contributed by atoms with Crippen LogP contribution in [0.25, 0.3) is 32.3 Å². The summed E-state index contributed by atoms with van der Waals surface area (Å²) in [6.07, 6.45) is 15.5. The Balaban J connectivity index is 1.99. The van der Waals surface area contributed by atoms with Gasteiger partial charge in [-0.2, -0.15) is 0 Å². The van der Waals surface area contributed by atoms with Crippen molar-refractivity contribution < 1.29 is 47.5 Å². The first kappa shape index (κ1) is 48.1. The predicted octanol–water partition coefficient (Wildman–Crippen LogP) is 12.9. The monoisotopic (exact) mass is 833 g/mol. The number of esters is 2. The van der Waals surface area contributed by atoms with Crippen LogP contribution in [-0.2, 0) is 19.1 Å². The van der Waals surface area contributed by atoms with Gasteiger partial charge in [0.15, 0.2) is 47.7 Å². The smallest absolute Gasteiger partial charge is 0.344 e. The van der Waals surface area contributed by atoms with E-state index in [1.165, 1.54) is 0 Å². The molecule has 4 aromatic carbocycles. The minimum Gasteiger partial charge on any atom is -0.490 e. The number of hydrogen-bond acceptors (Lipinski definition) is 10. The maximum Gasteiger partial charge on any atom is 0.344 e. The van der Waals surface area contributed by atoms with Crippen LogP contribution in [0, 0.1) is 0 Å². The topological polar surface area (TPSA) is 108 Å². The first-order valence-electron chi connectivity index (χ1n) is 23.0. The molecule has 0 saturated heterocycles. The zero-order valence-electron chi connectivity index (χ0n) is 37.5. The molecule has 0 spiro atoms. The van der Waals surface area contributed by atoms with Gasteiger partial charge in [-0.25, -0.2) is 9.59 Å². The standard InChI is InChI=1S/C50H72O10/c1-7-13-19-25-53-43-29-37-38(30-44(43)54-26-20-14-8-2)42-34-48(60-36-50(52)58-24-18-12-6)46(56-28-22-16-10-4)32-40(42)39-31-45(55-27-21-15-9-3)47(33-41(37)39)59-35-49(51)57-23-17-11-5/h29-34H,7-28,35-36H2,1-6H3. The number of fused-ring (bicyclic) bond motifs is 6. The highest BCUT2D eigenvalue weighted by molar-refractivity contribution is 6.26. The lowest BCUT2D eigenvalue weighted by atomic mass is 9.93. The fourth-order valence-electron chi connectivity index (χ4n) is 6.85. The van der Waals surface area contributed by atoms with Gasteiger partial charge in [0.1, 0.15) is 0 Å². The summed E-state index contributed by atoms with van der Waals surface area (Å²) in [7, 11) is 0. The van der Waals surface area contributed by atoms with Crippen molar-refractivity contribution in [1.29, 1.82) is 0 Å². The number of benzene rings is 4. The van der Waals surface area contributed by atoms with Crippen LogP contribution in [0.15, 0.2) is 36.4 Å². The molecule has 0 N–H and O–H groups in total. The number of carbonyl (C=O) groups is 2. The molecule has 0 heterocycles. The molecule has 10 heteroatoms. The predicted molar refractivity (Wildman–Crippen MR) is 242 cm³/mol. The summed E-state index contributed by atoms with van der Waals surface area (Å²) >= 11 is 0. The molecule has 0 aromatic heterocycles. The van der Waals surface area contributed by atoms with Gasteiger partial charge in [0.25, 0.3) is 0 Å². The maximum atomic E-state index is 12.8. The Morgan fingerprint density at radius 3 is 0.783 bits per heavy atom. The third-order valence-electron chi connectivity index (χ3n) is 10.4. The lowest BCUT2D eigenvalue weighted by Gasteiger charge is -2.20. The highest BCUT2D eigenvalue weighted by Crippen LogP contribution is 2.47. The molecule has 60 heavy (non-hydrogen) atoms. The SMILES string of the molecule is CCCCCOc1cc2c(cc1OCCCCC)c1cc(OCC(=O)OCCCC)c(OCCCCC)cc1c1cc(OCCCCC)c(OCC(=O)OCCCC)cc21. The summed E-state index contributed by atoms with van der Waals surface area (Å²) in [6, 6.07) is 12.1. The van der Waals surface area contributed by atoms with Gasteiger partial charge in [-0.1, -0.05) is 106 Å². The summed E-state index contributed by atoms with van der Waals surface area (Å²) in [5, 5.41) is 5.37. The molecule has 0 aliphatic rings. The van der Waals surface area contributed by atoms with E-state index < -0.39 is 11.9 Å². The number of ether oxygens (including phenoxy) is 8. The second-order valence-corrected chi connectivity index (χ2v) is 15.5.